The minimum Gasteiger partial charge on any atom is -0.464 e. The number of aromatic nitrogens is 1. The highest BCUT2D eigenvalue weighted by molar-refractivity contribution is 7.15. The molecular weight excluding hydrogens is 274 g/mol. The van der Waals surface area contributed by atoms with E-state index in [9.17, 15) is 4.79 Å². The lowest BCUT2D eigenvalue weighted by Crippen LogP contribution is -2.34. The predicted molar refractivity (Wildman–Crippen MR) is 83.8 cm³/mol. The molecule has 0 atom stereocenters. The number of anilines is 1. The first-order chi connectivity index (χ1) is 9.35. The molecule has 6 heteroatoms. The van der Waals surface area contributed by atoms with Gasteiger partial charge in [-0.3, -0.25) is 0 Å². The number of aryl methyl sites for hydroxylation is 1. The normalized spacial score (nSPS) is 11.2. The van der Waals surface area contributed by atoms with Crippen LogP contribution in [-0.2, 0) is 4.74 Å². The van der Waals surface area contributed by atoms with Crippen LogP contribution in [0.2, 0.25) is 0 Å². The van der Waals surface area contributed by atoms with Gasteiger partial charge in [0.2, 0.25) is 0 Å². The zero-order valence-electron chi connectivity index (χ0n) is 13.3. The number of thiazole rings is 1. The number of rotatable bonds is 7. The topological polar surface area (TPSA) is 45.7 Å². The van der Waals surface area contributed by atoms with E-state index in [1.54, 1.807) is 11.3 Å². The third kappa shape index (κ3) is 4.76. The van der Waals surface area contributed by atoms with Crippen molar-refractivity contribution in [2.24, 2.45) is 5.92 Å². The fourth-order valence-electron chi connectivity index (χ4n) is 1.83. The maximum Gasteiger partial charge on any atom is 0.357 e. The third-order valence-corrected chi connectivity index (χ3v) is 3.87. The SMILES string of the molecule is COC(=O)c1nc(N(CCN(C)C)CC(C)C)sc1C. The molecule has 1 aromatic heterocycles. The summed E-state index contributed by atoms with van der Waals surface area (Å²) < 4.78 is 4.77. The van der Waals surface area contributed by atoms with Gasteiger partial charge in [0.25, 0.3) is 0 Å². The second-order valence-electron chi connectivity index (χ2n) is 5.54. The van der Waals surface area contributed by atoms with E-state index in [1.807, 2.05) is 6.92 Å². The quantitative estimate of drug-likeness (QED) is 0.723. The van der Waals surface area contributed by atoms with Crippen molar-refractivity contribution in [3.63, 3.8) is 0 Å². The standard InChI is InChI=1S/C14H25N3O2S/c1-10(2)9-17(8-7-16(4)5)14-15-12(11(3)20-14)13(18)19-6/h10H,7-9H2,1-6H3. The zero-order chi connectivity index (χ0) is 15.3. The van der Waals surface area contributed by atoms with Crippen LogP contribution in [0.25, 0.3) is 0 Å². The van der Waals surface area contributed by atoms with E-state index in [4.69, 9.17) is 4.74 Å². The lowest BCUT2D eigenvalue weighted by Gasteiger charge is -2.25. The highest BCUT2D eigenvalue weighted by Crippen LogP contribution is 2.26. The van der Waals surface area contributed by atoms with Gasteiger partial charge in [-0.1, -0.05) is 13.8 Å². The summed E-state index contributed by atoms with van der Waals surface area (Å²) in [6, 6.07) is 0. The monoisotopic (exact) mass is 299 g/mol. The van der Waals surface area contributed by atoms with Gasteiger partial charge in [-0.15, -0.1) is 11.3 Å². The van der Waals surface area contributed by atoms with Crippen molar-refractivity contribution in [2.45, 2.75) is 20.8 Å². The van der Waals surface area contributed by atoms with Gasteiger partial charge in [0, 0.05) is 24.5 Å². The second-order valence-corrected chi connectivity index (χ2v) is 6.72. The largest absolute Gasteiger partial charge is 0.464 e. The fraction of sp³-hybridized carbons (Fsp3) is 0.714. The molecule has 0 unspecified atom stereocenters. The highest BCUT2D eigenvalue weighted by atomic mass is 32.1. The van der Waals surface area contributed by atoms with E-state index in [0.29, 0.717) is 11.6 Å². The Hall–Kier alpha value is -1.14. The maximum atomic E-state index is 11.7. The summed E-state index contributed by atoms with van der Waals surface area (Å²) in [6.45, 7) is 9.07. The number of nitrogens with zero attached hydrogens (tertiary/aromatic N) is 3. The van der Waals surface area contributed by atoms with E-state index in [1.165, 1.54) is 7.11 Å². The van der Waals surface area contributed by atoms with Crippen LogP contribution in [-0.4, -0.2) is 56.7 Å². The molecule has 0 fully saturated rings. The van der Waals surface area contributed by atoms with E-state index in [-0.39, 0.29) is 5.97 Å². The molecule has 1 heterocycles. The first-order valence-electron chi connectivity index (χ1n) is 6.80. The first kappa shape index (κ1) is 16.9. The molecular formula is C14H25N3O2S. The lowest BCUT2D eigenvalue weighted by molar-refractivity contribution is 0.0594. The molecule has 0 spiro atoms. The lowest BCUT2D eigenvalue weighted by atomic mass is 10.2. The number of carbonyl (C=O) groups is 1. The molecule has 1 aromatic rings. The molecule has 0 aliphatic carbocycles. The Bertz CT molecular complexity index is 444. The Balaban J connectivity index is 2.92. The van der Waals surface area contributed by atoms with Crippen molar-refractivity contribution in [3.8, 4) is 0 Å². The van der Waals surface area contributed by atoms with Gasteiger partial charge in [0.15, 0.2) is 10.8 Å². The summed E-state index contributed by atoms with van der Waals surface area (Å²) in [7, 11) is 5.50. The van der Waals surface area contributed by atoms with Crippen LogP contribution in [0.5, 0.6) is 0 Å². The highest BCUT2D eigenvalue weighted by Gasteiger charge is 2.20. The molecule has 0 radical (unpaired) electrons. The van der Waals surface area contributed by atoms with Crippen molar-refractivity contribution in [1.82, 2.24) is 9.88 Å². The van der Waals surface area contributed by atoms with Crippen LogP contribution < -0.4 is 4.90 Å². The van der Waals surface area contributed by atoms with E-state index < -0.39 is 0 Å². The number of methoxy groups -OCH3 is 1. The van der Waals surface area contributed by atoms with E-state index in [2.05, 4.69) is 42.7 Å². The minimum atomic E-state index is -0.359. The number of esters is 1. The van der Waals surface area contributed by atoms with Crippen LogP contribution in [0.1, 0.15) is 29.2 Å². The van der Waals surface area contributed by atoms with E-state index in [0.717, 1.165) is 29.6 Å². The van der Waals surface area contributed by atoms with Crippen molar-refractivity contribution in [2.75, 3.05) is 45.7 Å². The average molecular weight is 299 g/mol. The average Bonchev–Trinajstić information content (AvgIpc) is 2.75. The molecule has 0 aromatic carbocycles. The van der Waals surface area contributed by atoms with Crippen LogP contribution in [0.15, 0.2) is 0 Å². The van der Waals surface area contributed by atoms with Gasteiger partial charge in [-0.05, 0) is 26.9 Å². The van der Waals surface area contributed by atoms with Gasteiger partial charge < -0.3 is 14.5 Å². The Morgan fingerprint density at radius 3 is 2.50 bits per heavy atom. The van der Waals surface area contributed by atoms with E-state index >= 15 is 0 Å². The molecule has 0 bridgehead atoms. The molecule has 20 heavy (non-hydrogen) atoms. The summed E-state index contributed by atoms with van der Waals surface area (Å²) in [5, 5.41) is 0.901. The van der Waals surface area contributed by atoms with Crippen LogP contribution in [0.4, 0.5) is 5.13 Å². The molecule has 0 aliphatic heterocycles. The van der Waals surface area contributed by atoms with Gasteiger partial charge >= 0.3 is 5.97 Å². The Morgan fingerprint density at radius 2 is 2.00 bits per heavy atom. The summed E-state index contributed by atoms with van der Waals surface area (Å²) in [4.78, 5) is 21.4. The van der Waals surface area contributed by atoms with Gasteiger partial charge in [-0.2, -0.15) is 0 Å². The maximum absolute atomic E-state index is 11.7. The number of hydrogen-bond donors (Lipinski definition) is 0. The van der Waals surface area contributed by atoms with Crippen molar-refractivity contribution < 1.29 is 9.53 Å². The Kier molecular flexibility index (Phi) is 6.42. The second kappa shape index (κ2) is 7.59. The first-order valence-corrected chi connectivity index (χ1v) is 7.62. The molecule has 5 nitrogen and oxygen atoms in total. The summed E-state index contributed by atoms with van der Waals surface area (Å²) >= 11 is 1.56. The molecule has 1 rings (SSSR count). The zero-order valence-corrected chi connectivity index (χ0v) is 14.1. The van der Waals surface area contributed by atoms with Crippen molar-refractivity contribution in [1.29, 1.82) is 0 Å². The third-order valence-electron chi connectivity index (χ3n) is 2.84. The number of hydrogen-bond acceptors (Lipinski definition) is 6. The molecule has 0 saturated carbocycles. The van der Waals surface area contributed by atoms with Gasteiger partial charge in [0.05, 0.1) is 7.11 Å². The molecule has 0 saturated heterocycles. The van der Waals surface area contributed by atoms with Crippen LogP contribution >= 0.6 is 11.3 Å². The Labute approximate surface area is 125 Å². The molecule has 0 amide bonds. The smallest absolute Gasteiger partial charge is 0.357 e. The Morgan fingerprint density at radius 1 is 1.35 bits per heavy atom. The fourth-order valence-corrected chi connectivity index (χ4v) is 2.76. The summed E-state index contributed by atoms with van der Waals surface area (Å²) in [5.74, 6) is 0.185. The summed E-state index contributed by atoms with van der Waals surface area (Å²) in [5.41, 5.74) is 0.436. The van der Waals surface area contributed by atoms with Gasteiger partial charge in [-0.25, -0.2) is 9.78 Å². The van der Waals surface area contributed by atoms with Crippen molar-refractivity contribution in [3.05, 3.63) is 10.6 Å². The molecule has 0 aliphatic rings. The van der Waals surface area contributed by atoms with Crippen molar-refractivity contribution >= 4 is 22.4 Å². The van der Waals surface area contributed by atoms with Crippen LogP contribution in [0.3, 0.4) is 0 Å². The number of carbonyl (C=O) groups excluding carboxylic acids is 1. The van der Waals surface area contributed by atoms with Gasteiger partial charge in [0.1, 0.15) is 0 Å². The molecule has 114 valence electrons. The van der Waals surface area contributed by atoms with Crippen LogP contribution in [0, 0.1) is 12.8 Å². The number of likely N-dealkylation sites (N-methyl/N-ethyl adjacent to an activating group) is 1. The predicted octanol–water partition coefficient (Wildman–Crippen LogP) is 2.26. The minimum absolute atomic E-state index is 0.359. The molecule has 0 N–H and O–H groups in total. The number of ether oxygens (including phenoxy) is 1. The summed E-state index contributed by atoms with van der Waals surface area (Å²) in [6.07, 6.45) is 0.